The first kappa shape index (κ1) is 15.1. The normalized spacial score (nSPS) is 19.6. The van der Waals surface area contributed by atoms with Crippen molar-refractivity contribution in [1.82, 2.24) is 0 Å². The molecule has 0 aliphatic carbocycles. The molecule has 0 radical (unpaired) electrons. The zero-order valence-corrected chi connectivity index (χ0v) is 12.7. The van der Waals surface area contributed by atoms with Crippen molar-refractivity contribution in [3.05, 3.63) is 24.3 Å². The summed E-state index contributed by atoms with van der Waals surface area (Å²) >= 11 is 0. The Kier molecular flexibility index (Phi) is 4.88. The maximum absolute atomic E-state index is 12.5. The van der Waals surface area contributed by atoms with E-state index in [9.17, 15) is 8.42 Å². The molecular formula is C14H21NO4S. The predicted molar refractivity (Wildman–Crippen MR) is 78.8 cm³/mol. The Morgan fingerprint density at radius 3 is 2.75 bits per heavy atom. The van der Waals surface area contributed by atoms with E-state index in [2.05, 4.69) is 0 Å². The minimum Gasteiger partial charge on any atom is -0.495 e. The second kappa shape index (κ2) is 6.45. The van der Waals surface area contributed by atoms with Crippen LogP contribution in [0.15, 0.2) is 24.3 Å². The molecule has 20 heavy (non-hydrogen) atoms. The highest BCUT2D eigenvalue weighted by molar-refractivity contribution is 7.92. The van der Waals surface area contributed by atoms with Gasteiger partial charge in [-0.2, -0.15) is 0 Å². The summed E-state index contributed by atoms with van der Waals surface area (Å²) in [5.74, 6) is 0.560. The molecule has 1 atom stereocenters. The lowest BCUT2D eigenvalue weighted by Crippen LogP contribution is -2.36. The van der Waals surface area contributed by atoms with E-state index in [1.54, 1.807) is 25.2 Å². The number of anilines is 1. The fraction of sp³-hybridized carbons (Fsp3) is 0.571. The summed E-state index contributed by atoms with van der Waals surface area (Å²) in [6.45, 7) is 0.651. The molecule has 1 aromatic rings. The van der Waals surface area contributed by atoms with Crippen LogP contribution >= 0.6 is 0 Å². The third-order valence-corrected chi connectivity index (χ3v) is 5.34. The summed E-state index contributed by atoms with van der Waals surface area (Å²) in [4.78, 5) is 0. The smallest absolute Gasteiger partial charge is 0.237 e. The van der Waals surface area contributed by atoms with Gasteiger partial charge in [-0.05, 0) is 31.4 Å². The Labute approximate surface area is 120 Å². The predicted octanol–water partition coefficient (Wildman–Crippen LogP) is 2.03. The number of ether oxygens (including phenoxy) is 2. The average molecular weight is 299 g/mol. The molecule has 1 aliphatic rings. The first-order valence-electron chi connectivity index (χ1n) is 6.76. The van der Waals surface area contributed by atoms with Crippen molar-refractivity contribution in [2.45, 2.75) is 25.4 Å². The molecule has 1 unspecified atom stereocenters. The quantitative estimate of drug-likeness (QED) is 0.835. The summed E-state index contributed by atoms with van der Waals surface area (Å²) < 4.78 is 36.9. The van der Waals surface area contributed by atoms with Crippen LogP contribution in [0.1, 0.15) is 19.3 Å². The van der Waals surface area contributed by atoms with Gasteiger partial charge in [-0.15, -0.1) is 0 Å². The molecule has 5 nitrogen and oxygen atoms in total. The van der Waals surface area contributed by atoms with E-state index in [-0.39, 0.29) is 11.9 Å². The van der Waals surface area contributed by atoms with Crippen LogP contribution in [-0.2, 0) is 14.8 Å². The third-order valence-electron chi connectivity index (χ3n) is 3.51. The summed E-state index contributed by atoms with van der Waals surface area (Å²) in [7, 11) is -0.334. The largest absolute Gasteiger partial charge is 0.495 e. The molecule has 1 fully saturated rings. The fourth-order valence-electron chi connectivity index (χ4n) is 2.33. The van der Waals surface area contributed by atoms with Gasteiger partial charge < -0.3 is 9.47 Å². The van der Waals surface area contributed by atoms with Gasteiger partial charge in [0.1, 0.15) is 5.75 Å². The van der Waals surface area contributed by atoms with Crippen molar-refractivity contribution < 1.29 is 17.9 Å². The van der Waals surface area contributed by atoms with Crippen LogP contribution in [-0.4, -0.2) is 41.0 Å². The average Bonchev–Trinajstić information content (AvgIpc) is 2.47. The summed E-state index contributed by atoms with van der Waals surface area (Å²) in [5, 5.41) is 0. The van der Waals surface area contributed by atoms with Gasteiger partial charge >= 0.3 is 0 Å². The molecule has 112 valence electrons. The second-order valence-corrected chi connectivity index (χ2v) is 6.95. The molecule has 0 aromatic heterocycles. The van der Waals surface area contributed by atoms with Gasteiger partial charge in [-0.1, -0.05) is 12.1 Å². The molecule has 6 heteroatoms. The highest BCUT2D eigenvalue weighted by Gasteiger charge is 2.27. The van der Waals surface area contributed by atoms with Crippen molar-refractivity contribution in [3.8, 4) is 5.75 Å². The van der Waals surface area contributed by atoms with E-state index in [1.165, 1.54) is 11.4 Å². The molecule has 0 N–H and O–H groups in total. The second-order valence-electron chi connectivity index (χ2n) is 4.91. The lowest BCUT2D eigenvalue weighted by molar-refractivity contribution is 0.0305. The zero-order chi connectivity index (χ0) is 14.6. The third kappa shape index (κ3) is 3.43. The highest BCUT2D eigenvalue weighted by Crippen LogP contribution is 2.29. The van der Waals surface area contributed by atoms with Gasteiger partial charge in [-0.25, -0.2) is 8.42 Å². The van der Waals surface area contributed by atoms with E-state index >= 15 is 0 Å². The minimum absolute atomic E-state index is 0.0154. The van der Waals surface area contributed by atoms with Crippen LogP contribution in [0.2, 0.25) is 0 Å². The molecule has 0 bridgehead atoms. The van der Waals surface area contributed by atoms with Crippen LogP contribution in [0.3, 0.4) is 0 Å². The number of hydrogen-bond donors (Lipinski definition) is 0. The molecule has 1 heterocycles. The first-order valence-corrected chi connectivity index (χ1v) is 8.37. The molecule has 0 amide bonds. The lowest BCUT2D eigenvalue weighted by Gasteiger charge is -2.26. The van der Waals surface area contributed by atoms with E-state index in [1.807, 2.05) is 6.07 Å². The topological polar surface area (TPSA) is 55.8 Å². The van der Waals surface area contributed by atoms with Crippen molar-refractivity contribution in [2.75, 3.05) is 30.8 Å². The van der Waals surface area contributed by atoms with E-state index in [4.69, 9.17) is 9.47 Å². The Hall–Kier alpha value is -1.27. The van der Waals surface area contributed by atoms with Crippen molar-refractivity contribution in [2.24, 2.45) is 0 Å². The number of benzene rings is 1. The highest BCUT2D eigenvalue weighted by atomic mass is 32.2. The van der Waals surface area contributed by atoms with Crippen LogP contribution in [0.25, 0.3) is 0 Å². The van der Waals surface area contributed by atoms with E-state index < -0.39 is 10.0 Å². The van der Waals surface area contributed by atoms with Gasteiger partial charge in [0.25, 0.3) is 0 Å². The molecule has 0 saturated carbocycles. The van der Waals surface area contributed by atoms with Crippen LogP contribution in [0, 0.1) is 0 Å². The molecule has 2 rings (SSSR count). The Bertz CT molecular complexity index is 538. The number of hydrogen-bond acceptors (Lipinski definition) is 4. The monoisotopic (exact) mass is 299 g/mol. The first-order chi connectivity index (χ1) is 9.54. The number of rotatable bonds is 5. The van der Waals surface area contributed by atoms with Gasteiger partial charge in [0.2, 0.25) is 10.0 Å². The Morgan fingerprint density at radius 1 is 1.35 bits per heavy atom. The number of nitrogens with zero attached hydrogens (tertiary/aromatic N) is 1. The molecule has 0 spiro atoms. The van der Waals surface area contributed by atoms with E-state index in [0.717, 1.165) is 19.3 Å². The summed E-state index contributed by atoms with van der Waals surface area (Å²) in [5.41, 5.74) is 0.547. The molecule has 1 aromatic carbocycles. The number of sulfonamides is 1. The zero-order valence-electron chi connectivity index (χ0n) is 11.9. The van der Waals surface area contributed by atoms with Crippen molar-refractivity contribution in [1.29, 1.82) is 0 Å². The van der Waals surface area contributed by atoms with Gasteiger partial charge in [0, 0.05) is 13.7 Å². The maximum atomic E-state index is 12.5. The summed E-state index contributed by atoms with van der Waals surface area (Å²) in [6.07, 6.45) is 2.64. The molecule has 1 saturated heterocycles. The van der Waals surface area contributed by atoms with Gasteiger partial charge in [0.05, 0.1) is 24.7 Å². The lowest BCUT2D eigenvalue weighted by atomic mass is 10.1. The Balaban J connectivity index is 2.15. The number of para-hydroxylation sites is 2. The fourth-order valence-corrected chi connectivity index (χ4v) is 3.73. The Morgan fingerprint density at radius 2 is 2.10 bits per heavy atom. The molecular weight excluding hydrogens is 278 g/mol. The SMILES string of the molecule is COc1ccccc1N(C)S(=O)(=O)CC1CCCCO1. The maximum Gasteiger partial charge on any atom is 0.237 e. The standard InChI is InChI=1S/C14H21NO4S/c1-15(13-8-3-4-9-14(13)18-2)20(16,17)11-12-7-5-6-10-19-12/h3-4,8-9,12H,5-7,10-11H2,1-2H3. The molecule has 1 aliphatic heterocycles. The van der Waals surface area contributed by atoms with Crippen LogP contribution < -0.4 is 9.04 Å². The van der Waals surface area contributed by atoms with Crippen LogP contribution in [0.4, 0.5) is 5.69 Å². The van der Waals surface area contributed by atoms with E-state index in [0.29, 0.717) is 18.0 Å². The van der Waals surface area contributed by atoms with Crippen LogP contribution in [0.5, 0.6) is 5.75 Å². The van der Waals surface area contributed by atoms with Crippen molar-refractivity contribution >= 4 is 15.7 Å². The number of methoxy groups -OCH3 is 1. The summed E-state index contributed by atoms with van der Waals surface area (Å²) in [6, 6.07) is 7.09. The van der Waals surface area contributed by atoms with Gasteiger partial charge in [-0.3, -0.25) is 4.31 Å². The van der Waals surface area contributed by atoms with Gasteiger partial charge in [0.15, 0.2) is 0 Å². The minimum atomic E-state index is -3.42. The van der Waals surface area contributed by atoms with Crippen molar-refractivity contribution in [3.63, 3.8) is 0 Å².